The summed E-state index contributed by atoms with van der Waals surface area (Å²) >= 11 is 8.34. The third kappa shape index (κ3) is 4.36. The molecule has 2 rings (SSSR count). The first kappa shape index (κ1) is 17.1. The number of nitrogens with zero attached hydrogens (tertiary/aromatic N) is 1. The van der Waals surface area contributed by atoms with Gasteiger partial charge >= 0.3 is 5.69 Å². The second kappa shape index (κ2) is 7.82. The normalized spacial score (nSPS) is 10.7. The zero-order valence-corrected chi connectivity index (χ0v) is 15.1. The number of rotatable bonds is 6. The van der Waals surface area contributed by atoms with Crippen LogP contribution in [-0.2, 0) is 6.54 Å². The first-order valence-electron chi connectivity index (χ1n) is 6.94. The van der Waals surface area contributed by atoms with E-state index >= 15 is 0 Å². The van der Waals surface area contributed by atoms with Crippen LogP contribution in [0.1, 0.15) is 18.4 Å². The molecule has 0 amide bonds. The summed E-state index contributed by atoms with van der Waals surface area (Å²) in [6, 6.07) is 6.85. The molecule has 0 unspecified atom stereocenters. The van der Waals surface area contributed by atoms with Gasteiger partial charge in [0.1, 0.15) is 5.82 Å². The maximum atomic E-state index is 12.0. The lowest BCUT2D eigenvalue weighted by atomic mass is 10.2. The molecule has 0 aliphatic carbocycles. The molecule has 1 aromatic heterocycles. The van der Waals surface area contributed by atoms with Crippen LogP contribution in [0.4, 0.5) is 11.5 Å². The third-order valence-electron chi connectivity index (χ3n) is 3.24. The predicted octanol–water partition coefficient (Wildman–Crippen LogP) is 3.46. The van der Waals surface area contributed by atoms with Crippen LogP contribution >= 0.6 is 34.2 Å². The number of aryl methyl sites for hydroxylation is 1. The van der Waals surface area contributed by atoms with Gasteiger partial charge in [0.25, 0.3) is 5.56 Å². The molecule has 2 N–H and O–H groups in total. The van der Waals surface area contributed by atoms with Crippen LogP contribution < -0.4 is 16.6 Å². The molecular formula is C15H17ClIN3O2. The average molecular weight is 434 g/mol. The number of alkyl halides is 1. The predicted molar refractivity (Wildman–Crippen MR) is 98.9 cm³/mol. The Kier molecular flexibility index (Phi) is 6.07. The number of hydrogen-bond donors (Lipinski definition) is 2. The molecule has 118 valence electrons. The topological polar surface area (TPSA) is 66.9 Å². The molecule has 0 spiro atoms. The number of unbranched alkanes of at least 4 members (excludes halogenated alkanes) is 1. The molecule has 1 heterocycles. The van der Waals surface area contributed by atoms with E-state index in [4.69, 9.17) is 11.6 Å². The molecule has 5 nitrogen and oxygen atoms in total. The van der Waals surface area contributed by atoms with E-state index in [1.807, 2.05) is 19.1 Å². The van der Waals surface area contributed by atoms with E-state index in [1.54, 1.807) is 6.07 Å². The van der Waals surface area contributed by atoms with Crippen molar-refractivity contribution >= 4 is 45.7 Å². The van der Waals surface area contributed by atoms with Crippen LogP contribution in [0.15, 0.2) is 33.9 Å². The summed E-state index contributed by atoms with van der Waals surface area (Å²) < 4.78 is 2.23. The summed E-state index contributed by atoms with van der Waals surface area (Å²) in [7, 11) is 0. The molecule has 0 radical (unpaired) electrons. The highest BCUT2D eigenvalue weighted by Crippen LogP contribution is 2.21. The van der Waals surface area contributed by atoms with Crippen molar-refractivity contribution in [3.63, 3.8) is 0 Å². The zero-order valence-electron chi connectivity index (χ0n) is 12.2. The Morgan fingerprint density at radius 1 is 1.27 bits per heavy atom. The van der Waals surface area contributed by atoms with E-state index in [-0.39, 0.29) is 5.56 Å². The Morgan fingerprint density at radius 3 is 2.68 bits per heavy atom. The van der Waals surface area contributed by atoms with Crippen LogP contribution in [0, 0.1) is 6.92 Å². The van der Waals surface area contributed by atoms with Gasteiger partial charge < -0.3 is 5.32 Å². The lowest BCUT2D eigenvalue weighted by Gasteiger charge is -2.09. The van der Waals surface area contributed by atoms with Crippen LogP contribution in [0.5, 0.6) is 0 Å². The Balaban J connectivity index is 2.21. The van der Waals surface area contributed by atoms with Gasteiger partial charge in [-0.25, -0.2) is 4.79 Å². The fraction of sp³-hybridized carbons (Fsp3) is 0.333. The van der Waals surface area contributed by atoms with E-state index in [1.165, 1.54) is 10.6 Å². The number of anilines is 2. The number of nitrogens with one attached hydrogen (secondary N) is 2. The van der Waals surface area contributed by atoms with Crippen molar-refractivity contribution in [2.75, 3.05) is 9.74 Å². The van der Waals surface area contributed by atoms with Crippen LogP contribution in [0.2, 0.25) is 5.02 Å². The first-order chi connectivity index (χ1) is 10.5. The van der Waals surface area contributed by atoms with Crippen LogP contribution in [-0.4, -0.2) is 14.0 Å². The maximum Gasteiger partial charge on any atom is 0.329 e. The van der Waals surface area contributed by atoms with Gasteiger partial charge in [0.05, 0.1) is 0 Å². The summed E-state index contributed by atoms with van der Waals surface area (Å²) in [5.41, 5.74) is 0.972. The zero-order chi connectivity index (χ0) is 16.1. The third-order valence-corrected chi connectivity index (χ3v) is 4.41. The molecular weight excluding hydrogens is 417 g/mol. The molecule has 22 heavy (non-hydrogen) atoms. The number of halogens is 2. The highest BCUT2D eigenvalue weighted by molar-refractivity contribution is 14.1. The van der Waals surface area contributed by atoms with Gasteiger partial charge in [0.15, 0.2) is 0 Å². The Bertz CT molecular complexity index is 739. The summed E-state index contributed by atoms with van der Waals surface area (Å²) in [6.07, 6.45) is 1.79. The molecule has 0 aliphatic rings. The Labute approximate surface area is 146 Å². The minimum Gasteiger partial charge on any atom is -0.341 e. The smallest absolute Gasteiger partial charge is 0.329 e. The average Bonchev–Trinajstić information content (AvgIpc) is 2.46. The quantitative estimate of drug-likeness (QED) is 0.416. The molecule has 0 aliphatic heterocycles. The summed E-state index contributed by atoms with van der Waals surface area (Å²) in [5.74, 6) is 0.361. The maximum absolute atomic E-state index is 12.0. The number of benzene rings is 1. The Morgan fingerprint density at radius 2 is 2.05 bits per heavy atom. The largest absolute Gasteiger partial charge is 0.341 e. The van der Waals surface area contributed by atoms with Gasteiger partial charge in [-0.1, -0.05) is 40.3 Å². The fourth-order valence-corrected chi connectivity index (χ4v) is 2.71. The highest BCUT2D eigenvalue weighted by atomic mass is 127. The molecule has 0 saturated heterocycles. The second-order valence-corrected chi connectivity index (χ2v) is 6.45. The Hall–Kier alpha value is -1.28. The fourth-order valence-electron chi connectivity index (χ4n) is 1.99. The standard InChI is InChI=1S/C15H17ClIN3O2/c1-10-4-5-11(8-12(10)16)18-13-9-14(21)20(15(22)19-13)7-3-2-6-17/h4-5,8-9,18H,2-3,6-7H2,1H3,(H,19,22). The molecule has 0 atom stereocenters. The number of H-pyrrole nitrogens is 1. The molecule has 0 fully saturated rings. The van der Waals surface area contributed by atoms with Gasteiger partial charge in [0.2, 0.25) is 0 Å². The summed E-state index contributed by atoms with van der Waals surface area (Å²) in [5, 5.41) is 3.62. The van der Waals surface area contributed by atoms with Gasteiger partial charge in [-0.2, -0.15) is 0 Å². The van der Waals surface area contributed by atoms with E-state index in [0.717, 1.165) is 22.8 Å². The van der Waals surface area contributed by atoms with Crippen molar-refractivity contribution in [2.24, 2.45) is 0 Å². The van der Waals surface area contributed by atoms with E-state index in [9.17, 15) is 9.59 Å². The summed E-state index contributed by atoms with van der Waals surface area (Å²) in [4.78, 5) is 26.7. The molecule has 2 aromatic rings. The van der Waals surface area contributed by atoms with Crippen molar-refractivity contribution in [2.45, 2.75) is 26.3 Å². The monoisotopic (exact) mass is 433 g/mol. The van der Waals surface area contributed by atoms with Gasteiger partial charge in [-0.05, 0) is 41.9 Å². The van der Waals surface area contributed by atoms with E-state index < -0.39 is 5.69 Å². The first-order valence-corrected chi connectivity index (χ1v) is 8.85. The second-order valence-electron chi connectivity index (χ2n) is 4.96. The van der Waals surface area contributed by atoms with Crippen molar-refractivity contribution in [3.8, 4) is 0 Å². The lowest BCUT2D eigenvalue weighted by molar-refractivity contribution is 0.588. The van der Waals surface area contributed by atoms with E-state index in [0.29, 0.717) is 23.1 Å². The number of aromatic amines is 1. The minimum absolute atomic E-state index is 0.307. The molecule has 7 heteroatoms. The van der Waals surface area contributed by atoms with Gasteiger partial charge in [-0.15, -0.1) is 0 Å². The van der Waals surface area contributed by atoms with Gasteiger partial charge in [0, 0.05) is 23.3 Å². The van der Waals surface area contributed by atoms with E-state index in [2.05, 4.69) is 32.9 Å². The molecule has 0 bridgehead atoms. The van der Waals surface area contributed by atoms with Crippen molar-refractivity contribution in [3.05, 3.63) is 55.7 Å². The number of aromatic nitrogens is 2. The molecule has 0 saturated carbocycles. The lowest BCUT2D eigenvalue weighted by Crippen LogP contribution is -2.35. The van der Waals surface area contributed by atoms with Crippen molar-refractivity contribution in [1.29, 1.82) is 0 Å². The minimum atomic E-state index is -0.401. The summed E-state index contributed by atoms with van der Waals surface area (Å²) in [6.45, 7) is 2.35. The highest BCUT2D eigenvalue weighted by Gasteiger charge is 2.05. The van der Waals surface area contributed by atoms with Gasteiger partial charge in [-0.3, -0.25) is 14.3 Å². The van der Waals surface area contributed by atoms with Crippen LogP contribution in [0.3, 0.4) is 0 Å². The van der Waals surface area contributed by atoms with Crippen molar-refractivity contribution < 1.29 is 0 Å². The molecule has 1 aromatic carbocycles. The number of hydrogen-bond acceptors (Lipinski definition) is 3. The SMILES string of the molecule is Cc1ccc(Nc2cc(=O)n(CCCCI)c(=O)[nH]2)cc1Cl. The van der Waals surface area contributed by atoms with Crippen molar-refractivity contribution in [1.82, 2.24) is 9.55 Å². The van der Waals surface area contributed by atoms with Crippen LogP contribution in [0.25, 0.3) is 0 Å².